The zero-order valence-electron chi connectivity index (χ0n) is 11.7. The molecular weight excluding hydrogens is 280 g/mol. The minimum atomic E-state index is -0.971. The summed E-state index contributed by atoms with van der Waals surface area (Å²) in [5.41, 5.74) is 3.20. The first kappa shape index (κ1) is 14.1. The lowest BCUT2D eigenvalue weighted by Crippen LogP contribution is -2.13. The minimum absolute atomic E-state index is 0.0384. The quantitative estimate of drug-likeness (QED) is 0.833. The average molecular weight is 294 g/mol. The SMILES string of the molecule is O=C(O)c1ccc(/C=C2\CCc3cc(O)ccc3C2=O)cc1. The van der Waals surface area contributed by atoms with Crippen molar-refractivity contribution in [3.63, 3.8) is 0 Å². The van der Waals surface area contributed by atoms with Gasteiger partial charge in [-0.3, -0.25) is 4.79 Å². The highest BCUT2D eigenvalue weighted by Gasteiger charge is 2.22. The molecule has 110 valence electrons. The summed E-state index contributed by atoms with van der Waals surface area (Å²) in [4.78, 5) is 23.3. The molecule has 1 aliphatic carbocycles. The van der Waals surface area contributed by atoms with Crippen LogP contribution in [0.1, 0.15) is 38.3 Å². The fourth-order valence-electron chi connectivity index (χ4n) is 2.63. The largest absolute Gasteiger partial charge is 0.508 e. The Morgan fingerprint density at radius 3 is 2.45 bits per heavy atom. The second kappa shape index (κ2) is 5.48. The molecule has 3 rings (SSSR count). The van der Waals surface area contributed by atoms with E-state index in [4.69, 9.17) is 5.11 Å². The van der Waals surface area contributed by atoms with Crippen LogP contribution < -0.4 is 0 Å². The molecule has 0 aliphatic heterocycles. The van der Waals surface area contributed by atoms with Gasteiger partial charge in [-0.2, -0.15) is 0 Å². The Morgan fingerprint density at radius 1 is 1.05 bits per heavy atom. The molecule has 0 bridgehead atoms. The maximum absolute atomic E-state index is 12.5. The number of allylic oxidation sites excluding steroid dienone is 1. The number of hydrogen-bond donors (Lipinski definition) is 2. The minimum Gasteiger partial charge on any atom is -0.508 e. The number of phenolic OH excluding ortho intramolecular Hbond substituents is 1. The van der Waals surface area contributed by atoms with Crippen LogP contribution in [-0.2, 0) is 6.42 Å². The first-order valence-electron chi connectivity index (χ1n) is 6.95. The number of aromatic carboxylic acids is 1. The summed E-state index contributed by atoms with van der Waals surface area (Å²) in [5, 5.41) is 18.4. The number of phenols is 1. The van der Waals surface area contributed by atoms with E-state index < -0.39 is 5.97 Å². The summed E-state index contributed by atoms with van der Waals surface area (Å²) in [5.74, 6) is -0.839. The van der Waals surface area contributed by atoms with Gasteiger partial charge in [0.15, 0.2) is 5.78 Å². The third-order valence-corrected chi connectivity index (χ3v) is 3.79. The Labute approximate surface area is 127 Å². The highest BCUT2D eigenvalue weighted by Crippen LogP contribution is 2.29. The molecule has 22 heavy (non-hydrogen) atoms. The topological polar surface area (TPSA) is 74.6 Å². The van der Waals surface area contributed by atoms with Gasteiger partial charge in [0, 0.05) is 11.1 Å². The molecule has 0 amide bonds. The van der Waals surface area contributed by atoms with Crippen LogP contribution in [-0.4, -0.2) is 22.0 Å². The molecule has 0 atom stereocenters. The lowest BCUT2D eigenvalue weighted by molar-refractivity contribution is 0.0696. The number of ketones is 1. The Hall–Kier alpha value is -2.88. The van der Waals surface area contributed by atoms with Crippen LogP contribution in [0.2, 0.25) is 0 Å². The Kier molecular flexibility index (Phi) is 3.51. The number of carbonyl (C=O) groups is 2. The molecule has 0 unspecified atom stereocenters. The van der Waals surface area contributed by atoms with Gasteiger partial charge < -0.3 is 10.2 Å². The predicted octanol–water partition coefficient (Wildman–Crippen LogP) is 3.30. The lowest BCUT2D eigenvalue weighted by Gasteiger charge is -2.17. The lowest BCUT2D eigenvalue weighted by atomic mass is 9.86. The van der Waals surface area contributed by atoms with Crippen LogP contribution in [0.15, 0.2) is 48.0 Å². The molecule has 0 heterocycles. The van der Waals surface area contributed by atoms with Crippen molar-refractivity contribution in [2.24, 2.45) is 0 Å². The molecule has 4 heteroatoms. The number of carbonyl (C=O) groups excluding carboxylic acids is 1. The van der Waals surface area contributed by atoms with E-state index in [-0.39, 0.29) is 17.1 Å². The van der Waals surface area contributed by atoms with Crippen molar-refractivity contribution in [3.05, 3.63) is 70.3 Å². The number of aromatic hydroxyl groups is 1. The molecule has 0 spiro atoms. The highest BCUT2D eigenvalue weighted by atomic mass is 16.4. The van der Waals surface area contributed by atoms with Crippen LogP contribution in [0.5, 0.6) is 5.75 Å². The first-order chi connectivity index (χ1) is 10.5. The van der Waals surface area contributed by atoms with Gasteiger partial charge in [-0.05, 0) is 60.4 Å². The van der Waals surface area contributed by atoms with Gasteiger partial charge in [-0.25, -0.2) is 4.79 Å². The van der Waals surface area contributed by atoms with Crippen molar-refractivity contribution in [2.75, 3.05) is 0 Å². The predicted molar refractivity (Wildman–Crippen MR) is 82.1 cm³/mol. The fraction of sp³-hybridized carbons (Fsp3) is 0.111. The van der Waals surface area contributed by atoms with Gasteiger partial charge in [-0.15, -0.1) is 0 Å². The number of aryl methyl sites for hydroxylation is 1. The summed E-state index contributed by atoms with van der Waals surface area (Å²) in [6.07, 6.45) is 3.11. The van der Waals surface area contributed by atoms with Crippen LogP contribution in [0.25, 0.3) is 6.08 Å². The Morgan fingerprint density at radius 2 is 1.77 bits per heavy atom. The smallest absolute Gasteiger partial charge is 0.335 e. The molecule has 4 nitrogen and oxygen atoms in total. The second-order valence-corrected chi connectivity index (χ2v) is 5.27. The van der Waals surface area contributed by atoms with Gasteiger partial charge in [-0.1, -0.05) is 12.1 Å². The van der Waals surface area contributed by atoms with Gasteiger partial charge in [0.1, 0.15) is 5.75 Å². The van der Waals surface area contributed by atoms with Gasteiger partial charge in [0.05, 0.1) is 5.56 Å². The van der Waals surface area contributed by atoms with E-state index in [2.05, 4.69) is 0 Å². The second-order valence-electron chi connectivity index (χ2n) is 5.27. The molecule has 0 saturated carbocycles. The standard InChI is InChI=1S/C18H14O4/c19-15-7-8-16-13(10-15)5-6-14(17(16)20)9-11-1-3-12(4-2-11)18(21)22/h1-4,7-10,19H,5-6H2,(H,21,22)/b14-9+. The van der Waals surface area contributed by atoms with Crippen LogP contribution in [0.3, 0.4) is 0 Å². The number of carboxylic acids is 1. The summed E-state index contributed by atoms with van der Waals surface area (Å²) < 4.78 is 0. The van der Waals surface area contributed by atoms with E-state index in [1.165, 1.54) is 18.2 Å². The third kappa shape index (κ3) is 2.63. The fourth-order valence-corrected chi connectivity index (χ4v) is 2.63. The number of rotatable bonds is 2. The Balaban J connectivity index is 1.91. The van der Waals surface area contributed by atoms with Crippen molar-refractivity contribution in [3.8, 4) is 5.75 Å². The maximum Gasteiger partial charge on any atom is 0.335 e. The number of hydrogen-bond acceptors (Lipinski definition) is 3. The molecule has 2 N–H and O–H groups in total. The number of carboxylic acid groups (broad SMARTS) is 1. The Bertz CT molecular complexity index is 785. The van der Waals surface area contributed by atoms with E-state index in [0.29, 0.717) is 24.0 Å². The third-order valence-electron chi connectivity index (χ3n) is 3.79. The van der Waals surface area contributed by atoms with Crippen molar-refractivity contribution in [1.29, 1.82) is 0 Å². The molecule has 0 aromatic heterocycles. The summed E-state index contributed by atoms with van der Waals surface area (Å²) in [6.45, 7) is 0. The van der Waals surface area contributed by atoms with Crippen molar-refractivity contribution >= 4 is 17.8 Å². The zero-order valence-corrected chi connectivity index (χ0v) is 11.7. The van der Waals surface area contributed by atoms with Crippen molar-refractivity contribution in [1.82, 2.24) is 0 Å². The van der Waals surface area contributed by atoms with E-state index in [1.54, 1.807) is 30.3 Å². The van der Waals surface area contributed by atoms with Crippen LogP contribution >= 0.6 is 0 Å². The first-order valence-corrected chi connectivity index (χ1v) is 6.95. The molecule has 0 fully saturated rings. The summed E-state index contributed by atoms with van der Waals surface area (Å²) >= 11 is 0. The summed E-state index contributed by atoms with van der Waals surface area (Å²) in [7, 11) is 0. The number of benzene rings is 2. The number of fused-ring (bicyclic) bond motifs is 1. The van der Waals surface area contributed by atoms with E-state index in [1.807, 2.05) is 0 Å². The molecule has 0 radical (unpaired) electrons. The van der Waals surface area contributed by atoms with E-state index >= 15 is 0 Å². The van der Waals surface area contributed by atoms with Gasteiger partial charge in [0.25, 0.3) is 0 Å². The van der Waals surface area contributed by atoms with E-state index in [9.17, 15) is 14.7 Å². The normalized spacial score (nSPS) is 15.6. The van der Waals surface area contributed by atoms with Crippen molar-refractivity contribution in [2.45, 2.75) is 12.8 Å². The van der Waals surface area contributed by atoms with Gasteiger partial charge in [0.2, 0.25) is 0 Å². The molecule has 2 aromatic carbocycles. The summed E-state index contributed by atoms with van der Waals surface area (Å²) in [6, 6.07) is 11.2. The zero-order chi connectivity index (χ0) is 15.7. The average Bonchev–Trinajstić information content (AvgIpc) is 2.50. The highest BCUT2D eigenvalue weighted by molar-refractivity contribution is 6.13. The molecular formula is C18H14O4. The van der Waals surface area contributed by atoms with Crippen LogP contribution in [0, 0.1) is 0 Å². The molecule has 1 aliphatic rings. The molecule has 2 aromatic rings. The monoisotopic (exact) mass is 294 g/mol. The van der Waals surface area contributed by atoms with Gasteiger partial charge >= 0.3 is 5.97 Å². The maximum atomic E-state index is 12.5. The van der Waals surface area contributed by atoms with Crippen LogP contribution in [0.4, 0.5) is 0 Å². The number of Topliss-reactive ketones (excluding diaryl/α,β-unsaturated/α-hetero) is 1. The van der Waals surface area contributed by atoms with Crippen molar-refractivity contribution < 1.29 is 19.8 Å². The molecule has 0 saturated heterocycles. The van der Waals surface area contributed by atoms with E-state index in [0.717, 1.165) is 11.1 Å².